The van der Waals surface area contributed by atoms with Gasteiger partial charge in [0.05, 0.1) is 45.5 Å². The van der Waals surface area contributed by atoms with Crippen LogP contribution in [0.15, 0.2) is 170 Å². The molecule has 0 bridgehead atoms. The summed E-state index contributed by atoms with van der Waals surface area (Å²) in [7, 11) is -2.86. The van der Waals surface area contributed by atoms with E-state index in [2.05, 4.69) is 126 Å². The Hall–Kier alpha value is -6.97. The Bertz CT molecular complexity index is 2580. The highest BCUT2D eigenvalue weighted by Gasteiger charge is 2.41. The van der Waals surface area contributed by atoms with E-state index in [0.29, 0.717) is 22.4 Å². The summed E-state index contributed by atoms with van der Waals surface area (Å²) in [6, 6.07) is 65.1. The minimum Gasteiger partial charge on any atom is -0.308 e. The Morgan fingerprint density at radius 2 is 0.980 bits per heavy atom. The number of para-hydroxylation sites is 1. The van der Waals surface area contributed by atoms with Crippen LogP contribution in [0.4, 0.5) is 0 Å². The molecule has 50 heavy (non-hydrogen) atoms. The van der Waals surface area contributed by atoms with Gasteiger partial charge in [-0.25, -0.2) is 0 Å². The van der Waals surface area contributed by atoms with Crippen LogP contribution in [0.3, 0.4) is 0 Å². The maximum Gasteiger partial charge on any atom is 0.179 e. The fraction of sp³-hybridized carbons (Fsp3) is 0. The monoisotopic (exact) mass is 652 g/mol. The van der Waals surface area contributed by atoms with Crippen molar-refractivity contribution >= 4 is 50.6 Å². The predicted molar refractivity (Wildman–Crippen MR) is 204 cm³/mol. The molecule has 1 aromatic heterocycles. The summed E-state index contributed by atoms with van der Waals surface area (Å²) in [5.74, 6) is 0. The van der Waals surface area contributed by atoms with Crippen molar-refractivity contribution in [1.29, 1.82) is 15.8 Å². The number of hydrogen-bond acceptors (Lipinski definition) is 3. The first kappa shape index (κ1) is 30.4. The van der Waals surface area contributed by atoms with Gasteiger partial charge in [-0.05, 0) is 74.3 Å². The van der Waals surface area contributed by atoms with Gasteiger partial charge in [0.15, 0.2) is 8.07 Å². The van der Waals surface area contributed by atoms with Crippen molar-refractivity contribution in [1.82, 2.24) is 4.57 Å². The number of benzene rings is 7. The number of rotatable bonds is 6. The van der Waals surface area contributed by atoms with E-state index in [1.54, 1.807) is 0 Å². The summed E-state index contributed by atoms with van der Waals surface area (Å²) in [5, 5.41) is 37.4. The van der Waals surface area contributed by atoms with Crippen molar-refractivity contribution in [3.63, 3.8) is 0 Å². The SMILES string of the molecule is N#Cc1ccc2c(c1)c1ccccc1n2-c1cc(-c2cc([Si](c3ccccc3)(c3ccccc3)c3ccccc3)ccc2C#N)ccc1C#N. The Balaban J connectivity index is 1.42. The van der Waals surface area contributed by atoms with E-state index in [0.717, 1.165) is 38.1 Å². The van der Waals surface area contributed by atoms with Gasteiger partial charge in [0.1, 0.15) is 6.07 Å². The van der Waals surface area contributed by atoms with Gasteiger partial charge in [-0.2, -0.15) is 15.8 Å². The summed E-state index contributed by atoms with van der Waals surface area (Å²) in [6.07, 6.45) is 0. The standard InChI is InChI=1S/C45H28N4Si/c46-29-32-20-25-44-42(26-32)40-18-10-11-19-43(40)49(44)45-27-33(21-22-35(45)31-48)41-28-39(24-23-34(41)30-47)50(36-12-4-1-5-13-36,37-14-6-2-7-15-37)38-16-8-3-9-17-38/h1-28H. The van der Waals surface area contributed by atoms with Crippen LogP contribution in [0.2, 0.25) is 0 Å². The third-order valence-electron chi connectivity index (χ3n) is 9.67. The summed E-state index contributed by atoms with van der Waals surface area (Å²) < 4.78 is 2.10. The van der Waals surface area contributed by atoms with Gasteiger partial charge in [-0.3, -0.25) is 0 Å². The zero-order chi connectivity index (χ0) is 34.1. The fourth-order valence-electron chi connectivity index (χ4n) is 7.46. The Kier molecular flexibility index (Phi) is 7.63. The van der Waals surface area contributed by atoms with Crippen molar-refractivity contribution in [2.24, 2.45) is 0 Å². The molecule has 5 heteroatoms. The van der Waals surface area contributed by atoms with E-state index in [9.17, 15) is 15.8 Å². The average Bonchev–Trinajstić information content (AvgIpc) is 3.52. The highest BCUT2D eigenvalue weighted by Crippen LogP contribution is 2.36. The molecule has 0 unspecified atom stereocenters. The second kappa shape index (κ2) is 12.6. The van der Waals surface area contributed by atoms with Crippen LogP contribution >= 0.6 is 0 Å². The Morgan fingerprint density at radius 3 is 1.58 bits per heavy atom. The van der Waals surface area contributed by atoms with E-state index in [-0.39, 0.29) is 0 Å². The normalized spacial score (nSPS) is 11.1. The molecule has 0 amide bonds. The third kappa shape index (κ3) is 4.80. The van der Waals surface area contributed by atoms with Crippen LogP contribution in [-0.4, -0.2) is 12.6 Å². The highest BCUT2D eigenvalue weighted by molar-refractivity contribution is 7.19. The van der Waals surface area contributed by atoms with Crippen LogP contribution in [0.25, 0.3) is 38.6 Å². The molecular formula is C45H28N4Si. The summed E-state index contributed by atoms with van der Waals surface area (Å²) in [4.78, 5) is 0. The first-order valence-electron chi connectivity index (χ1n) is 16.4. The molecule has 0 spiro atoms. The van der Waals surface area contributed by atoms with Crippen LogP contribution in [0.5, 0.6) is 0 Å². The quantitative estimate of drug-likeness (QED) is 0.138. The first-order valence-corrected chi connectivity index (χ1v) is 18.4. The molecule has 0 N–H and O–H groups in total. The third-order valence-corrected chi connectivity index (χ3v) is 14.4. The number of nitriles is 3. The molecule has 0 aliphatic heterocycles. The average molecular weight is 653 g/mol. The van der Waals surface area contributed by atoms with Gasteiger partial charge in [0, 0.05) is 10.8 Å². The Morgan fingerprint density at radius 1 is 0.420 bits per heavy atom. The maximum atomic E-state index is 10.5. The molecule has 7 aromatic carbocycles. The lowest BCUT2D eigenvalue weighted by Crippen LogP contribution is -2.74. The number of nitrogens with zero attached hydrogens (tertiary/aromatic N) is 4. The predicted octanol–water partition coefficient (Wildman–Crippen LogP) is 7.44. The molecule has 0 atom stereocenters. The molecule has 4 nitrogen and oxygen atoms in total. The van der Waals surface area contributed by atoms with Crippen LogP contribution in [-0.2, 0) is 0 Å². The lowest BCUT2D eigenvalue weighted by Gasteiger charge is -2.34. The topological polar surface area (TPSA) is 76.3 Å². The van der Waals surface area contributed by atoms with E-state index < -0.39 is 8.07 Å². The van der Waals surface area contributed by atoms with Crippen molar-refractivity contribution in [3.05, 3.63) is 187 Å². The number of aromatic nitrogens is 1. The van der Waals surface area contributed by atoms with E-state index >= 15 is 0 Å². The molecule has 8 rings (SSSR count). The molecule has 0 saturated heterocycles. The fourth-order valence-corrected chi connectivity index (χ4v) is 12.2. The Labute approximate surface area is 291 Å². The van der Waals surface area contributed by atoms with Crippen LogP contribution < -0.4 is 20.7 Å². The number of hydrogen-bond donors (Lipinski definition) is 0. The van der Waals surface area contributed by atoms with E-state index in [4.69, 9.17) is 0 Å². The van der Waals surface area contributed by atoms with Gasteiger partial charge >= 0.3 is 0 Å². The second-order valence-corrected chi connectivity index (χ2v) is 16.1. The maximum absolute atomic E-state index is 10.5. The smallest absolute Gasteiger partial charge is 0.179 e. The second-order valence-electron chi connectivity index (χ2n) is 12.3. The van der Waals surface area contributed by atoms with Gasteiger partial charge in [-0.1, -0.05) is 127 Å². The van der Waals surface area contributed by atoms with Gasteiger partial charge < -0.3 is 4.57 Å². The van der Waals surface area contributed by atoms with Crippen molar-refractivity contribution in [3.8, 4) is 35.0 Å². The molecule has 0 saturated carbocycles. The van der Waals surface area contributed by atoms with Crippen molar-refractivity contribution < 1.29 is 0 Å². The minimum atomic E-state index is -2.86. The largest absolute Gasteiger partial charge is 0.308 e. The molecular weight excluding hydrogens is 625 g/mol. The molecule has 0 aliphatic carbocycles. The van der Waals surface area contributed by atoms with Crippen molar-refractivity contribution in [2.45, 2.75) is 0 Å². The minimum absolute atomic E-state index is 0.511. The van der Waals surface area contributed by atoms with Crippen molar-refractivity contribution in [2.75, 3.05) is 0 Å². The zero-order valence-corrected chi connectivity index (χ0v) is 28.0. The molecule has 8 aromatic rings. The van der Waals surface area contributed by atoms with Crippen LogP contribution in [0, 0.1) is 34.0 Å². The first-order chi connectivity index (χ1) is 24.7. The van der Waals surface area contributed by atoms with Gasteiger partial charge in [0.2, 0.25) is 0 Å². The molecule has 0 aliphatic rings. The summed E-state index contributed by atoms with van der Waals surface area (Å²) in [6.45, 7) is 0. The summed E-state index contributed by atoms with van der Waals surface area (Å²) in [5.41, 5.74) is 5.85. The molecule has 0 fully saturated rings. The lowest BCUT2D eigenvalue weighted by atomic mass is 9.98. The number of fused-ring (bicyclic) bond motifs is 3. The molecule has 0 radical (unpaired) electrons. The van der Waals surface area contributed by atoms with E-state index in [1.165, 1.54) is 15.6 Å². The molecule has 1 heterocycles. The van der Waals surface area contributed by atoms with Crippen LogP contribution in [0.1, 0.15) is 16.7 Å². The lowest BCUT2D eigenvalue weighted by molar-refractivity contribution is 1.17. The van der Waals surface area contributed by atoms with Gasteiger partial charge in [-0.15, -0.1) is 0 Å². The zero-order valence-electron chi connectivity index (χ0n) is 27.0. The highest BCUT2D eigenvalue weighted by atomic mass is 28.3. The molecule has 232 valence electrons. The summed E-state index contributed by atoms with van der Waals surface area (Å²) >= 11 is 0. The van der Waals surface area contributed by atoms with Gasteiger partial charge in [0.25, 0.3) is 0 Å². The van der Waals surface area contributed by atoms with E-state index in [1.807, 2.05) is 66.7 Å².